The largest absolute Gasteiger partial charge is 0.474 e. The van der Waals surface area contributed by atoms with E-state index in [1.807, 2.05) is 36.4 Å². The van der Waals surface area contributed by atoms with Crippen molar-refractivity contribution in [2.45, 2.75) is 13.0 Å². The molecule has 0 aliphatic carbocycles. The maximum Gasteiger partial charge on any atom is 0.273 e. The van der Waals surface area contributed by atoms with Gasteiger partial charge in [-0.15, -0.1) is 0 Å². The first-order valence-corrected chi connectivity index (χ1v) is 7.16. The van der Waals surface area contributed by atoms with Gasteiger partial charge in [0.1, 0.15) is 12.3 Å². The highest BCUT2D eigenvalue weighted by atomic mass is 16.5. The van der Waals surface area contributed by atoms with Crippen LogP contribution in [0.15, 0.2) is 48.5 Å². The standard InChI is InChI=1S/C18H14N2O3/c1-12(21)14-7-8-16-15(11-14)20(10-9-19)18(22)17(23-16)13-5-3-2-4-6-13/h2-8,11,17H,10H2,1H3. The molecule has 114 valence electrons. The average Bonchev–Trinajstić information content (AvgIpc) is 2.57. The van der Waals surface area contributed by atoms with Crippen LogP contribution >= 0.6 is 0 Å². The number of hydrogen-bond donors (Lipinski definition) is 0. The Balaban J connectivity index is 2.08. The van der Waals surface area contributed by atoms with E-state index in [1.54, 1.807) is 18.2 Å². The normalized spacial score (nSPS) is 16.3. The molecule has 0 N–H and O–H groups in total. The maximum atomic E-state index is 12.7. The van der Waals surface area contributed by atoms with Gasteiger partial charge in [-0.05, 0) is 25.1 Å². The molecule has 5 nitrogen and oxygen atoms in total. The molecule has 0 radical (unpaired) electrons. The molecule has 0 spiro atoms. The van der Waals surface area contributed by atoms with Crippen molar-refractivity contribution in [3.8, 4) is 11.8 Å². The smallest absolute Gasteiger partial charge is 0.273 e. The van der Waals surface area contributed by atoms with E-state index in [2.05, 4.69) is 0 Å². The lowest BCUT2D eigenvalue weighted by Gasteiger charge is -2.33. The molecule has 1 heterocycles. The van der Waals surface area contributed by atoms with E-state index in [0.717, 1.165) is 5.56 Å². The van der Waals surface area contributed by atoms with Crippen LogP contribution in [0.1, 0.15) is 28.9 Å². The number of nitrogens with zero attached hydrogens (tertiary/aromatic N) is 2. The Kier molecular flexibility index (Phi) is 3.82. The van der Waals surface area contributed by atoms with Gasteiger partial charge in [0.25, 0.3) is 5.91 Å². The fourth-order valence-electron chi connectivity index (χ4n) is 2.56. The molecule has 0 saturated heterocycles. The van der Waals surface area contributed by atoms with E-state index >= 15 is 0 Å². The van der Waals surface area contributed by atoms with Crippen LogP contribution in [0.2, 0.25) is 0 Å². The minimum absolute atomic E-state index is 0.0973. The van der Waals surface area contributed by atoms with Crippen molar-refractivity contribution in [2.24, 2.45) is 0 Å². The van der Waals surface area contributed by atoms with Crippen molar-refractivity contribution in [3.63, 3.8) is 0 Å². The first-order valence-electron chi connectivity index (χ1n) is 7.16. The monoisotopic (exact) mass is 306 g/mol. The second kappa shape index (κ2) is 5.93. The number of carbonyl (C=O) groups is 2. The predicted octanol–water partition coefficient (Wildman–Crippen LogP) is 2.88. The summed E-state index contributed by atoms with van der Waals surface area (Å²) in [5.41, 5.74) is 1.65. The molecule has 0 fully saturated rings. The van der Waals surface area contributed by atoms with E-state index in [-0.39, 0.29) is 18.2 Å². The molecule has 2 aromatic rings. The zero-order valence-electron chi connectivity index (χ0n) is 12.5. The summed E-state index contributed by atoms with van der Waals surface area (Å²) in [4.78, 5) is 25.6. The third-order valence-electron chi connectivity index (χ3n) is 3.72. The zero-order valence-corrected chi connectivity index (χ0v) is 12.5. The van der Waals surface area contributed by atoms with Crippen molar-refractivity contribution in [1.29, 1.82) is 5.26 Å². The number of nitriles is 1. The van der Waals surface area contributed by atoms with Crippen LogP contribution in [0, 0.1) is 11.3 Å². The van der Waals surface area contributed by atoms with Crippen LogP contribution in [-0.4, -0.2) is 18.2 Å². The number of carbonyl (C=O) groups excluding carboxylic acids is 2. The molecule has 0 aromatic heterocycles. The molecular weight excluding hydrogens is 292 g/mol. The number of Topliss-reactive ketones (excluding diaryl/α,β-unsaturated/α-hetero) is 1. The quantitative estimate of drug-likeness (QED) is 0.646. The summed E-state index contributed by atoms with van der Waals surface area (Å²) >= 11 is 0. The van der Waals surface area contributed by atoms with Gasteiger partial charge in [0.2, 0.25) is 6.10 Å². The highest BCUT2D eigenvalue weighted by molar-refractivity contribution is 6.03. The molecule has 0 saturated carbocycles. The van der Waals surface area contributed by atoms with Gasteiger partial charge in [-0.1, -0.05) is 30.3 Å². The number of ether oxygens (including phenoxy) is 1. The second-order valence-corrected chi connectivity index (χ2v) is 5.23. The summed E-state index contributed by atoms with van der Waals surface area (Å²) in [7, 11) is 0. The molecule has 1 amide bonds. The molecular formula is C18H14N2O3. The van der Waals surface area contributed by atoms with Gasteiger partial charge in [0.15, 0.2) is 5.78 Å². The average molecular weight is 306 g/mol. The van der Waals surface area contributed by atoms with Gasteiger partial charge in [-0.25, -0.2) is 0 Å². The van der Waals surface area contributed by atoms with Crippen molar-refractivity contribution >= 4 is 17.4 Å². The van der Waals surface area contributed by atoms with E-state index in [1.165, 1.54) is 11.8 Å². The summed E-state index contributed by atoms with van der Waals surface area (Å²) in [6.45, 7) is 1.36. The highest BCUT2D eigenvalue weighted by Crippen LogP contribution is 2.39. The third-order valence-corrected chi connectivity index (χ3v) is 3.72. The van der Waals surface area contributed by atoms with Gasteiger partial charge in [0.05, 0.1) is 11.8 Å². The molecule has 1 aliphatic heterocycles. The van der Waals surface area contributed by atoms with Crippen LogP contribution in [0.5, 0.6) is 5.75 Å². The lowest BCUT2D eigenvalue weighted by atomic mass is 10.0. The van der Waals surface area contributed by atoms with E-state index in [9.17, 15) is 9.59 Å². The van der Waals surface area contributed by atoms with Gasteiger partial charge >= 0.3 is 0 Å². The highest BCUT2D eigenvalue weighted by Gasteiger charge is 2.35. The summed E-state index contributed by atoms with van der Waals surface area (Å²) in [6.07, 6.45) is -0.791. The Labute approximate surface area is 133 Å². The third kappa shape index (κ3) is 2.67. The minimum atomic E-state index is -0.791. The van der Waals surface area contributed by atoms with Crippen LogP contribution in [0.3, 0.4) is 0 Å². The lowest BCUT2D eigenvalue weighted by molar-refractivity contribution is -0.126. The first kappa shape index (κ1) is 14.8. The molecule has 3 rings (SSSR count). The molecule has 2 aromatic carbocycles. The topological polar surface area (TPSA) is 70.4 Å². The van der Waals surface area contributed by atoms with Crippen molar-refractivity contribution in [3.05, 3.63) is 59.7 Å². The van der Waals surface area contributed by atoms with Gasteiger partial charge in [-0.2, -0.15) is 5.26 Å². The molecule has 5 heteroatoms. The number of anilines is 1. The molecule has 0 bridgehead atoms. The predicted molar refractivity (Wildman–Crippen MR) is 84.2 cm³/mol. The SMILES string of the molecule is CC(=O)c1ccc2c(c1)N(CC#N)C(=O)C(c1ccccc1)O2. The van der Waals surface area contributed by atoms with E-state index in [4.69, 9.17) is 10.00 Å². The number of amides is 1. The van der Waals surface area contributed by atoms with E-state index in [0.29, 0.717) is 17.0 Å². The number of fused-ring (bicyclic) bond motifs is 1. The fraction of sp³-hybridized carbons (Fsp3) is 0.167. The van der Waals surface area contributed by atoms with Crippen molar-refractivity contribution < 1.29 is 14.3 Å². The fourth-order valence-corrected chi connectivity index (χ4v) is 2.56. The first-order chi connectivity index (χ1) is 11.1. The Morgan fingerprint density at radius 1 is 1.26 bits per heavy atom. The Morgan fingerprint density at radius 3 is 2.65 bits per heavy atom. The van der Waals surface area contributed by atoms with Gasteiger partial charge in [-0.3, -0.25) is 14.5 Å². The number of ketones is 1. The molecule has 1 aliphatic rings. The Bertz CT molecular complexity index is 809. The molecule has 1 atom stereocenters. The number of rotatable bonds is 3. The summed E-state index contributed by atoms with van der Waals surface area (Å²) in [6, 6.07) is 16.0. The van der Waals surface area contributed by atoms with Crippen LogP contribution in [0.4, 0.5) is 5.69 Å². The number of hydrogen-bond acceptors (Lipinski definition) is 4. The summed E-state index contributed by atoms with van der Waals surface area (Å²) in [5.74, 6) is 0.0620. The van der Waals surface area contributed by atoms with Crippen molar-refractivity contribution in [1.82, 2.24) is 0 Å². The maximum absolute atomic E-state index is 12.7. The van der Waals surface area contributed by atoms with Gasteiger partial charge < -0.3 is 4.74 Å². The van der Waals surface area contributed by atoms with Crippen LogP contribution < -0.4 is 9.64 Å². The second-order valence-electron chi connectivity index (χ2n) is 5.23. The van der Waals surface area contributed by atoms with Crippen molar-refractivity contribution in [2.75, 3.05) is 11.4 Å². The molecule has 1 unspecified atom stereocenters. The summed E-state index contributed by atoms with van der Waals surface area (Å²) < 4.78 is 5.83. The summed E-state index contributed by atoms with van der Waals surface area (Å²) in [5, 5.41) is 9.05. The van der Waals surface area contributed by atoms with Crippen LogP contribution in [-0.2, 0) is 4.79 Å². The lowest BCUT2D eigenvalue weighted by Crippen LogP contribution is -2.41. The molecule has 23 heavy (non-hydrogen) atoms. The number of benzene rings is 2. The minimum Gasteiger partial charge on any atom is -0.474 e. The zero-order chi connectivity index (χ0) is 16.4. The van der Waals surface area contributed by atoms with Crippen LogP contribution in [0.25, 0.3) is 0 Å². The van der Waals surface area contributed by atoms with Gasteiger partial charge in [0, 0.05) is 11.1 Å². The Hall–Kier alpha value is -3.13. The Morgan fingerprint density at radius 2 is 2.00 bits per heavy atom. The van der Waals surface area contributed by atoms with E-state index < -0.39 is 6.10 Å².